The second-order valence-electron chi connectivity index (χ2n) is 7.56. The first-order chi connectivity index (χ1) is 15.7. The average Bonchev–Trinajstić information content (AvgIpc) is 3.27. The lowest BCUT2D eigenvalue weighted by molar-refractivity contribution is -0.256. The van der Waals surface area contributed by atoms with Gasteiger partial charge in [0.05, 0.1) is 17.6 Å². The van der Waals surface area contributed by atoms with E-state index in [1.54, 1.807) is 37.3 Å². The van der Waals surface area contributed by atoms with Gasteiger partial charge in [-0.15, -0.1) is 0 Å². The van der Waals surface area contributed by atoms with Gasteiger partial charge < -0.3 is 19.9 Å². The molecule has 1 aliphatic heterocycles. The summed E-state index contributed by atoms with van der Waals surface area (Å²) in [6, 6.07) is 7.60. The Morgan fingerprint density at radius 1 is 1.21 bits per heavy atom. The van der Waals surface area contributed by atoms with Crippen LogP contribution in [0, 0.1) is 0 Å². The number of alkyl halides is 3. The lowest BCUT2D eigenvalue weighted by atomic mass is 9.88. The summed E-state index contributed by atoms with van der Waals surface area (Å²) < 4.78 is 55.2. The first-order valence-corrected chi connectivity index (χ1v) is 11.3. The predicted octanol–water partition coefficient (Wildman–Crippen LogP) is 3.86. The number of nitrogens with one attached hydrogen (secondary N) is 1. The molecule has 4 rings (SSSR count). The van der Waals surface area contributed by atoms with E-state index >= 15 is 0 Å². The Morgan fingerprint density at radius 2 is 1.97 bits per heavy atom. The Morgan fingerprint density at radius 3 is 2.70 bits per heavy atom. The van der Waals surface area contributed by atoms with Gasteiger partial charge in [0.25, 0.3) is 5.56 Å². The zero-order chi connectivity index (χ0) is 23.8. The molecule has 2 N–H and O–H groups in total. The van der Waals surface area contributed by atoms with Crippen LogP contribution in [0.1, 0.15) is 18.5 Å². The summed E-state index contributed by atoms with van der Waals surface area (Å²) in [5.74, 6) is 0.195. The maximum absolute atomic E-state index is 14.4. The molecule has 1 aromatic heterocycles. The first kappa shape index (κ1) is 23.2. The molecule has 0 aliphatic carbocycles. The zero-order valence-electron chi connectivity index (χ0n) is 17.8. The van der Waals surface area contributed by atoms with E-state index in [2.05, 4.69) is 10.4 Å². The lowest BCUT2D eigenvalue weighted by Crippen LogP contribution is -2.54. The van der Waals surface area contributed by atoms with Crippen molar-refractivity contribution in [1.29, 1.82) is 0 Å². The van der Waals surface area contributed by atoms with Crippen molar-refractivity contribution in [1.82, 2.24) is 9.78 Å². The Kier molecular flexibility index (Phi) is 6.19. The Hall–Kier alpha value is -2.92. The first-order valence-electron chi connectivity index (χ1n) is 10.1. The van der Waals surface area contributed by atoms with Gasteiger partial charge in [0, 0.05) is 29.4 Å². The topological polar surface area (TPSA) is 85.6 Å². The molecule has 0 saturated heterocycles. The average molecular weight is 481 g/mol. The third-order valence-electron chi connectivity index (χ3n) is 5.52. The molecule has 7 nitrogen and oxygen atoms in total. The molecular formula is C22H22F3N3O4S. The van der Waals surface area contributed by atoms with E-state index in [4.69, 9.17) is 9.47 Å². The summed E-state index contributed by atoms with van der Waals surface area (Å²) >= 11 is 0.969. The number of anilines is 1. The van der Waals surface area contributed by atoms with E-state index in [0.29, 0.717) is 16.9 Å². The summed E-state index contributed by atoms with van der Waals surface area (Å²) in [4.78, 5) is 12.5. The summed E-state index contributed by atoms with van der Waals surface area (Å²) in [5, 5.41) is 18.7. The Balaban J connectivity index is 1.91. The van der Waals surface area contributed by atoms with Crippen molar-refractivity contribution in [3.8, 4) is 11.5 Å². The number of para-hydroxylation sites is 1. The number of nitrogens with zero attached hydrogens (tertiary/aromatic N) is 2. The van der Waals surface area contributed by atoms with Gasteiger partial charge in [0.1, 0.15) is 0 Å². The molecular weight excluding hydrogens is 459 g/mol. The standard InChI is InChI=1S/C22H22F3N3O4S/c1-3-33-11-21(30,22(23,24)25)19(14-7-5-9-17-18(14)32-12-31-17)27-16-8-4-6-13-15(16)10-26-28(2)20(13)29/h4-10,19,27,30H,3,11-12H2,1-2H3. The number of aryl methyl sites for hydroxylation is 1. The van der Waals surface area contributed by atoms with Crippen molar-refractivity contribution >= 4 is 28.2 Å². The van der Waals surface area contributed by atoms with Crippen LogP contribution in [-0.2, 0) is 7.05 Å². The smallest absolute Gasteiger partial charge is 0.420 e. The summed E-state index contributed by atoms with van der Waals surface area (Å²) in [6.45, 7) is 1.58. The van der Waals surface area contributed by atoms with Crippen molar-refractivity contribution in [2.75, 3.05) is 23.6 Å². The third-order valence-corrected chi connectivity index (χ3v) is 6.58. The highest BCUT2D eigenvalue weighted by molar-refractivity contribution is 7.99. The molecule has 0 radical (unpaired) electrons. The molecule has 2 aromatic carbocycles. The molecule has 0 amide bonds. The molecule has 176 valence electrons. The molecule has 3 aromatic rings. The van der Waals surface area contributed by atoms with Gasteiger partial charge in [-0.05, 0) is 24.0 Å². The fourth-order valence-corrected chi connectivity index (χ4v) is 4.61. The number of halogens is 3. The van der Waals surface area contributed by atoms with Crippen LogP contribution in [0.5, 0.6) is 11.5 Å². The Bertz CT molecular complexity index is 1230. The van der Waals surface area contributed by atoms with Gasteiger partial charge >= 0.3 is 6.18 Å². The molecule has 0 bridgehead atoms. The van der Waals surface area contributed by atoms with Gasteiger partial charge in [-0.1, -0.05) is 25.1 Å². The van der Waals surface area contributed by atoms with Crippen LogP contribution in [0.3, 0.4) is 0 Å². The second kappa shape index (κ2) is 8.79. The van der Waals surface area contributed by atoms with Crippen molar-refractivity contribution in [2.24, 2.45) is 7.05 Å². The molecule has 2 atom stereocenters. The number of ether oxygens (including phenoxy) is 2. The van der Waals surface area contributed by atoms with Gasteiger partial charge in [0.15, 0.2) is 17.1 Å². The van der Waals surface area contributed by atoms with E-state index < -0.39 is 29.1 Å². The van der Waals surface area contributed by atoms with Crippen LogP contribution in [-0.4, -0.2) is 45.0 Å². The number of aliphatic hydroxyl groups is 1. The van der Waals surface area contributed by atoms with Crippen molar-refractivity contribution in [3.63, 3.8) is 0 Å². The van der Waals surface area contributed by atoms with Gasteiger partial charge in [-0.3, -0.25) is 4.79 Å². The molecule has 2 heterocycles. The molecule has 0 spiro atoms. The van der Waals surface area contributed by atoms with Crippen molar-refractivity contribution in [2.45, 2.75) is 24.7 Å². The van der Waals surface area contributed by atoms with E-state index in [-0.39, 0.29) is 29.2 Å². The summed E-state index contributed by atoms with van der Waals surface area (Å²) in [5.41, 5.74) is -3.24. The van der Waals surface area contributed by atoms with Crippen LogP contribution in [0.4, 0.5) is 18.9 Å². The minimum atomic E-state index is -4.98. The highest BCUT2D eigenvalue weighted by Crippen LogP contribution is 2.49. The number of hydrogen-bond donors (Lipinski definition) is 2. The highest BCUT2D eigenvalue weighted by Gasteiger charge is 2.59. The van der Waals surface area contributed by atoms with Crippen LogP contribution >= 0.6 is 11.8 Å². The number of thioether (sulfide) groups is 1. The maximum Gasteiger partial charge on any atom is 0.420 e. The fraction of sp³-hybridized carbons (Fsp3) is 0.364. The van der Waals surface area contributed by atoms with E-state index in [0.717, 1.165) is 16.4 Å². The molecule has 1 aliphatic rings. The normalized spacial score (nSPS) is 15.9. The Labute approximate surface area is 191 Å². The van der Waals surface area contributed by atoms with Gasteiger partial charge in [0.2, 0.25) is 6.79 Å². The number of fused-ring (bicyclic) bond motifs is 2. The highest BCUT2D eigenvalue weighted by atomic mass is 32.2. The fourth-order valence-electron chi connectivity index (χ4n) is 3.76. The van der Waals surface area contributed by atoms with Gasteiger partial charge in [-0.25, -0.2) is 4.68 Å². The molecule has 11 heteroatoms. The second-order valence-corrected chi connectivity index (χ2v) is 8.83. The number of benzene rings is 2. The quantitative estimate of drug-likeness (QED) is 0.530. The van der Waals surface area contributed by atoms with Crippen LogP contribution in [0.25, 0.3) is 10.8 Å². The SMILES string of the molecule is CCSCC(O)(C(Nc1cccc2c(=O)n(C)ncc12)c1cccc2c1OCO2)C(F)(F)F. The molecule has 33 heavy (non-hydrogen) atoms. The van der Waals surface area contributed by atoms with Crippen LogP contribution < -0.4 is 20.3 Å². The van der Waals surface area contributed by atoms with E-state index in [9.17, 15) is 23.1 Å². The van der Waals surface area contributed by atoms with Gasteiger partial charge in [-0.2, -0.15) is 30.0 Å². The summed E-state index contributed by atoms with van der Waals surface area (Å²) in [6.07, 6.45) is -3.58. The zero-order valence-corrected chi connectivity index (χ0v) is 18.7. The predicted molar refractivity (Wildman–Crippen MR) is 120 cm³/mol. The maximum atomic E-state index is 14.4. The minimum Gasteiger partial charge on any atom is -0.454 e. The van der Waals surface area contributed by atoms with Crippen molar-refractivity contribution < 1.29 is 27.8 Å². The van der Waals surface area contributed by atoms with E-state index in [1.165, 1.54) is 19.3 Å². The largest absolute Gasteiger partial charge is 0.454 e. The van der Waals surface area contributed by atoms with E-state index in [1.807, 2.05) is 0 Å². The monoisotopic (exact) mass is 481 g/mol. The third kappa shape index (κ3) is 4.10. The molecule has 0 fully saturated rings. The molecule has 0 saturated carbocycles. The number of aromatic nitrogens is 2. The van der Waals surface area contributed by atoms with Crippen LogP contribution in [0.15, 0.2) is 47.4 Å². The summed E-state index contributed by atoms with van der Waals surface area (Å²) in [7, 11) is 1.49. The molecule has 2 unspecified atom stereocenters. The van der Waals surface area contributed by atoms with Crippen LogP contribution in [0.2, 0.25) is 0 Å². The lowest BCUT2D eigenvalue weighted by Gasteiger charge is -2.39. The number of hydrogen-bond acceptors (Lipinski definition) is 7. The van der Waals surface area contributed by atoms with Crippen molar-refractivity contribution in [3.05, 3.63) is 58.5 Å². The number of rotatable bonds is 7. The minimum absolute atomic E-state index is 0.0929.